The first-order chi connectivity index (χ1) is 13.1. The summed E-state index contributed by atoms with van der Waals surface area (Å²) in [5, 5.41) is 14.1. The fraction of sp³-hybridized carbons (Fsp3) is 0.286. The smallest absolute Gasteiger partial charge is 0.259 e. The summed E-state index contributed by atoms with van der Waals surface area (Å²) in [5.41, 5.74) is 2.56. The number of rotatable bonds is 4. The van der Waals surface area contributed by atoms with Crippen LogP contribution in [-0.4, -0.2) is 37.3 Å². The molecule has 27 heavy (non-hydrogen) atoms. The summed E-state index contributed by atoms with van der Waals surface area (Å²) in [6.07, 6.45) is 0. The number of anilines is 1. The second-order valence-corrected chi connectivity index (χ2v) is 6.83. The summed E-state index contributed by atoms with van der Waals surface area (Å²) in [6.45, 7) is 5.56. The lowest BCUT2D eigenvalue weighted by Gasteiger charge is -2.24. The number of ether oxygens (including phenoxy) is 1. The van der Waals surface area contributed by atoms with E-state index in [9.17, 15) is 9.90 Å². The SMILES string of the molecule is Cc1oc2ccc(O)c(C[NH+]3CCOCC3)c2c1C(=O)Nc1ccccc1. The Kier molecular flexibility index (Phi) is 4.83. The number of fused-ring (bicyclic) bond motifs is 1. The van der Waals surface area contributed by atoms with Crippen LogP contribution in [0.25, 0.3) is 11.0 Å². The normalized spacial score (nSPS) is 15.1. The highest BCUT2D eigenvalue weighted by molar-refractivity contribution is 6.14. The van der Waals surface area contributed by atoms with Crippen LogP contribution >= 0.6 is 0 Å². The molecular formula is C21H23N2O4+. The number of phenols is 1. The molecular weight excluding hydrogens is 344 g/mol. The van der Waals surface area contributed by atoms with Gasteiger partial charge in [0.05, 0.1) is 24.3 Å². The highest BCUT2D eigenvalue weighted by Crippen LogP contribution is 2.34. The third kappa shape index (κ3) is 3.54. The van der Waals surface area contributed by atoms with Crippen LogP contribution in [0.3, 0.4) is 0 Å². The second kappa shape index (κ2) is 7.42. The molecule has 0 bridgehead atoms. The van der Waals surface area contributed by atoms with Gasteiger partial charge in [0.1, 0.15) is 36.7 Å². The van der Waals surface area contributed by atoms with E-state index in [1.165, 1.54) is 4.90 Å². The van der Waals surface area contributed by atoms with Gasteiger partial charge in [-0.2, -0.15) is 0 Å². The Hall–Kier alpha value is -2.83. The number of aromatic hydroxyl groups is 1. The fourth-order valence-electron chi connectivity index (χ4n) is 3.62. The number of quaternary nitrogens is 1. The van der Waals surface area contributed by atoms with Crippen LogP contribution in [-0.2, 0) is 11.3 Å². The number of para-hydroxylation sites is 1. The zero-order chi connectivity index (χ0) is 18.8. The van der Waals surface area contributed by atoms with Crippen LogP contribution in [0.2, 0.25) is 0 Å². The molecule has 4 rings (SSSR count). The van der Waals surface area contributed by atoms with Crippen molar-refractivity contribution < 1.29 is 24.0 Å². The molecule has 1 saturated heterocycles. The largest absolute Gasteiger partial charge is 0.507 e. The molecule has 1 amide bonds. The predicted octanol–water partition coefficient (Wildman–Crippen LogP) is 2.11. The van der Waals surface area contributed by atoms with Crippen LogP contribution in [0.5, 0.6) is 5.75 Å². The van der Waals surface area contributed by atoms with Crippen molar-refractivity contribution in [1.29, 1.82) is 0 Å². The van der Waals surface area contributed by atoms with Crippen molar-refractivity contribution in [2.75, 3.05) is 31.6 Å². The number of nitrogens with one attached hydrogen (secondary N) is 2. The molecule has 1 fully saturated rings. The Morgan fingerprint density at radius 3 is 2.63 bits per heavy atom. The molecule has 3 aromatic rings. The molecule has 0 unspecified atom stereocenters. The summed E-state index contributed by atoms with van der Waals surface area (Å²) in [4.78, 5) is 14.3. The van der Waals surface area contributed by atoms with E-state index in [0.717, 1.165) is 24.3 Å². The number of hydrogen-bond acceptors (Lipinski definition) is 4. The molecule has 2 aromatic carbocycles. The van der Waals surface area contributed by atoms with Crippen LogP contribution in [0.1, 0.15) is 21.7 Å². The minimum absolute atomic E-state index is 0.191. The molecule has 0 atom stereocenters. The number of carbonyl (C=O) groups excluding carboxylic acids is 1. The number of benzene rings is 2. The summed E-state index contributed by atoms with van der Waals surface area (Å²) in [7, 11) is 0. The van der Waals surface area contributed by atoms with Crippen molar-refractivity contribution in [2.24, 2.45) is 0 Å². The fourth-order valence-corrected chi connectivity index (χ4v) is 3.62. The van der Waals surface area contributed by atoms with E-state index < -0.39 is 0 Å². The maximum absolute atomic E-state index is 13.0. The molecule has 6 nitrogen and oxygen atoms in total. The van der Waals surface area contributed by atoms with Crippen LogP contribution in [0, 0.1) is 6.92 Å². The van der Waals surface area contributed by atoms with E-state index in [-0.39, 0.29) is 11.7 Å². The molecule has 1 aliphatic heterocycles. The van der Waals surface area contributed by atoms with Gasteiger partial charge in [-0.3, -0.25) is 4.79 Å². The van der Waals surface area contributed by atoms with Gasteiger partial charge in [0.15, 0.2) is 0 Å². The Labute approximate surface area is 157 Å². The number of carbonyl (C=O) groups is 1. The third-order valence-corrected chi connectivity index (χ3v) is 5.00. The van der Waals surface area contributed by atoms with Gasteiger partial charge in [0.2, 0.25) is 0 Å². The van der Waals surface area contributed by atoms with E-state index in [4.69, 9.17) is 9.15 Å². The maximum Gasteiger partial charge on any atom is 0.259 e. The predicted molar refractivity (Wildman–Crippen MR) is 102 cm³/mol. The molecule has 0 spiro atoms. The van der Waals surface area contributed by atoms with Crippen LogP contribution < -0.4 is 10.2 Å². The summed E-state index contributed by atoms with van der Waals surface area (Å²) in [6, 6.07) is 12.7. The monoisotopic (exact) mass is 367 g/mol. The zero-order valence-corrected chi connectivity index (χ0v) is 15.2. The lowest BCUT2D eigenvalue weighted by molar-refractivity contribution is -0.921. The first-order valence-electron chi connectivity index (χ1n) is 9.15. The average molecular weight is 367 g/mol. The van der Waals surface area contributed by atoms with Gasteiger partial charge in [0.25, 0.3) is 5.91 Å². The van der Waals surface area contributed by atoms with Crippen LogP contribution in [0.4, 0.5) is 5.69 Å². The Balaban J connectivity index is 1.74. The average Bonchev–Trinajstić information content (AvgIpc) is 3.02. The van der Waals surface area contributed by atoms with Gasteiger partial charge in [-0.15, -0.1) is 0 Å². The molecule has 0 aliphatic carbocycles. The Morgan fingerprint density at radius 1 is 1.15 bits per heavy atom. The summed E-state index contributed by atoms with van der Waals surface area (Å²) >= 11 is 0. The number of furan rings is 1. The van der Waals surface area contributed by atoms with Crippen molar-refractivity contribution >= 4 is 22.6 Å². The highest BCUT2D eigenvalue weighted by atomic mass is 16.5. The quantitative estimate of drug-likeness (QED) is 0.660. The van der Waals surface area contributed by atoms with Crippen molar-refractivity contribution in [2.45, 2.75) is 13.5 Å². The second-order valence-electron chi connectivity index (χ2n) is 6.83. The molecule has 6 heteroatoms. The van der Waals surface area contributed by atoms with Gasteiger partial charge in [-0.25, -0.2) is 0 Å². The van der Waals surface area contributed by atoms with E-state index in [2.05, 4.69) is 5.32 Å². The number of aryl methyl sites for hydroxylation is 1. The third-order valence-electron chi connectivity index (χ3n) is 5.00. The van der Waals surface area contributed by atoms with Gasteiger partial charge in [-0.1, -0.05) is 18.2 Å². The molecule has 1 aliphatic rings. The molecule has 0 saturated carbocycles. The van der Waals surface area contributed by atoms with Gasteiger partial charge >= 0.3 is 0 Å². The molecule has 0 radical (unpaired) electrons. The van der Waals surface area contributed by atoms with Crippen molar-refractivity contribution in [3.8, 4) is 5.75 Å². The lowest BCUT2D eigenvalue weighted by atomic mass is 10.0. The van der Waals surface area contributed by atoms with Gasteiger partial charge in [0, 0.05) is 11.1 Å². The van der Waals surface area contributed by atoms with E-state index in [1.807, 2.05) is 30.3 Å². The van der Waals surface area contributed by atoms with E-state index in [1.54, 1.807) is 19.1 Å². The standard InChI is InChI=1S/C21H22N2O4/c1-14-19(21(25)22-15-5-3-2-4-6-15)20-16(13-23-9-11-26-12-10-23)17(24)7-8-18(20)27-14/h2-8,24H,9-13H2,1H3,(H,22,25)/p+1. The first-order valence-corrected chi connectivity index (χ1v) is 9.15. The molecule has 140 valence electrons. The summed E-state index contributed by atoms with van der Waals surface area (Å²) in [5.74, 6) is 0.500. The molecule has 3 N–H and O–H groups in total. The Bertz CT molecular complexity index is 959. The van der Waals surface area contributed by atoms with Gasteiger partial charge in [-0.05, 0) is 31.2 Å². The maximum atomic E-state index is 13.0. The highest BCUT2D eigenvalue weighted by Gasteiger charge is 2.26. The minimum atomic E-state index is -0.235. The lowest BCUT2D eigenvalue weighted by Crippen LogP contribution is -3.12. The first kappa shape index (κ1) is 17.6. The van der Waals surface area contributed by atoms with Gasteiger partial charge < -0.3 is 24.5 Å². The molecule has 1 aromatic heterocycles. The van der Waals surface area contributed by atoms with Crippen molar-refractivity contribution in [3.05, 3.63) is 59.4 Å². The number of hydrogen-bond donors (Lipinski definition) is 3. The van der Waals surface area contributed by atoms with Crippen LogP contribution in [0.15, 0.2) is 46.9 Å². The van der Waals surface area contributed by atoms with Crippen molar-refractivity contribution in [3.63, 3.8) is 0 Å². The van der Waals surface area contributed by atoms with E-state index in [0.29, 0.717) is 42.1 Å². The number of amides is 1. The Morgan fingerprint density at radius 2 is 1.89 bits per heavy atom. The minimum Gasteiger partial charge on any atom is -0.507 e. The molecule has 2 heterocycles. The van der Waals surface area contributed by atoms with Crippen molar-refractivity contribution in [1.82, 2.24) is 0 Å². The number of phenolic OH excluding ortho intramolecular Hbond substituents is 1. The van der Waals surface area contributed by atoms with E-state index >= 15 is 0 Å². The zero-order valence-electron chi connectivity index (χ0n) is 15.2. The topological polar surface area (TPSA) is 76.1 Å². The summed E-state index contributed by atoms with van der Waals surface area (Å²) < 4.78 is 11.3. The number of morpholine rings is 1.